The summed E-state index contributed by atoms with van der Waals surface area (Å²) >= 11 is 0. The summed E-state index contributed by atoms with van der Waals surface area (Å²) in [5, 5.41) is 2.85. The number of hydrogen-bond acceptors (Lipinski definition) is 4. The second kappa shape index (κ2) is 17.2. The fourth-order valence-corrected chi connectivity index (χ4v) is 3.38. The van der Waals surface area contributed by atoms with Crippen LogP contribution in [0.5, 0.6) is 0 Å². The number of unbranched alkanes of at least 4 members (excludes halogenated alkanes) is 5. The Morgan fingerprint density at radius 2 is 1.41 bits per heavy atom. The summed E-state index contributed by atoms with van der Waals surface area (Å²) in [5.74, 6) is -0.971. The van der Waals surface area contributed by atoms with E-state index in [0.29, 0.717) is 26.4 Å². The van der Waals surface area contributed by atoms with Crippen LogP contribution >= 0.6 is 0 Å². The Bertz CT molecular complexity index is 356. The quantitative estimate of drug-likeness (QED) is 0.189. The topological polar surface area (TPSA) is 56.8 Å². The second-order valence-electron chi connectivity index (χ2n) is 6.79. The van der Waals surface area contributed by atoms with Crippen molar-refractivity contribution in [1.82, 2.24) is 5.32 Å². The number of rotatable bonds is 19. The van der Waals surface area contributed by atoms with Crippen LogP contribution < -0.4 is 5.32 Å². The van der Waals surface area contributed by atoms with Gasteiger partial charge in [-0.2, -0.15) is 0 Å². The first-order chi connectivity index (χ1) is 13.1. The van der Waals surface area contributed by atoms with Gasteiger partial charge in [0.2, 0.25) is 5.91 Å². The minimum Gasteiger partial charge on any atom is -0.353 e. The summed E-state index contributed by atoms with van der Waals surface area (Å²) in [4.78, 5) is 11.4. The zero-order valence-electron chi connectivity index (χ0n) is 18.2. The maximum absolute atomic E-state index is 11.4. The fourth-order valence-electron chi connectivity index (χ4n) is 3.38. The molecule has 1 N–H and O–H groups in total. The van der Waals surface area contributed by atoms with E-state index >= 15 is 0 Å². The van der Waals surface area contributed by atoms with Crippen LogP contribution in [-0.2, 0) is 19.0 Å². The molecule has 5 heteroatoms. The third-order valence-electron chi connectivity index (χ3n) is 4.66. The first-order valence-electron chi connectivity index (χ1n) is 10.9. The molecule has 1 atom stereocenters. The fraction of sp³-hybridized carbons (Fsp3) is 0.864. The van der Waals surface area contributed by atoms with Crippen LogP contribution in [0, 0.1) is 5.92 Å². The Kier molecular flexibility index (Phi) is 16.6. The highest BCUT2D eigenvalue weighted by atomic mass is 16.9. The molecule has 0 bridgehead atoms. The van der Waals surface area contributed by atoms with Crippen molar-refractivity contribution in [2.75, 3.05) is 26.4 Å². The first-order valence-corrected chi connectivity index (χ1v) is 10.9. The van der Waals surface area contributed by atoms with Crippen LogP contribution in [0.3, 0.4) is 0 Å². The number of carbonyl (C=O) groups excluding carboxylic acids is 1. The van der Waals surface area contributed by atoms with Crippen LogP contribution in [0.4, 0.5) is 0 Å². The average Bonchev–Trinajstić information content (AvgIpc) is 2.66. The van der Waals surface area contributed by atoms with Crippen LogP contribution in [0.25, 0.3) is 0 Å². The third-order valence-corrected chi connectivity index (χ3v) is 4.66. The van der Waals surface area contributed by atoms with E-state index in [2.05, 4.69) is 18.8 Å². The lowest BCUT2D eigenvalue weighted by Gasteiger charge is -2.39. The molecule has 0 rings (SSSR count). The van der Waals surface area contributed by atoms with E-state index in [-0.39, 0.29) is 11.8 Å². The minimum absolute atomic E-state index is 0.131. The van der Waals surface area contributed by atoms with Crippen molar-refractivity contribution in [2.24, 2.45) is 5.92 Å². The number of hydrogen-bond donors (Lipinski definition) is 1. The molecule has 0 aromatic rings. The summed E-state index contributed by atoms with van der Waals surface area (Å²) < 4.78 is 18.1. The molecule has 27 heavy (non-hydrogen) atoms. The van der Waals surface area contributed by atoms with Crippen LogP contribution in [0.1, 0.15) is 85.5 Å². The van der Waals surface area contributed by atoms with Crippen molar-refractivity contribution >= 4 is 5.91 Å². The van der Waals surface area contributed by atoms with Gasteiger partial charge in [0.05, 0.1) is 0 Å². The van der Waals surface area contributed by atoms with E-state index in [0.717, 1.165) is 25.7 Å². The summed E-state index contributed by atoms with van der Waals surface area (Å²) in [6.07, 6.45) is 11.6. The highest BCUT2D eigenvalue weighted by molar-refractivity contribution is 5.86. The van der Waals surface area contributed by atoms with Gasteiger partial charge in [0, 0.05) is 32.3 Å². The second-order valence-corrected chi connectivity index (χ2v) is 6.79. The molecule has 0 radical (unpaired) electrons. The lowest BCUT2D eigenvalue weighted by molar-refractivity contribution is -0.403. The number of amides is 1. The van der Waals surface area contributed by atoms with Gasteiger partial charge in [-0.15, -0.1) is 0 Å². The van der Waals surface area contributed by atoms with Crippen molar-refractivity contribution in [3.05, 3.63) is 12.7 Å². The van der Waals surface area contributed by atoms with Gasteiger partial charge in [-0.05, 0) is 46.1 Å². The largest absolute Gasteiger partial charge is 0.353 e. The van der Waals surface area contributed by atoms with E-state index in [1.807, 2.05) is 20.8 Å². The molecule has 0 fully saturated rings. The zero-order valence-corrected chi connectivity index (χ0v) is 18.2. The van der Waals surface area contributed by atoms with Gasteiger partial charge in [-0.3, -0.25) is 4.79 Å². The summed E-state index contributed by atoms with van der Waals surface area (Å²) in [6, 6.07) is 0. The Morgan fingerprint density at radius 1 is 0.889 bits per heavy atom. The Morgan fingerprint density at radius 3 is 1.93 bits per heavy atom. The third kappa shape index (κ3) is 11.5. The van der Waals surface area contributed by atoms with Crippen LogP contribution in [-0.4, -0.2) is 38.2 Å². The molecule has 0 aliphatic heterocycles. The lowest BCUT2D eigenvalue weighted by Crippen LogP contribution is -2.47. The van der Waals surface area contributed by atoms with Crippen LogP contribution in [0.15, 0.2) is 12.7 Å². The Labute approximate surface area is 167 Å². The zero-order chi connectivity index (χ0) is 20.4. The summed E-state index contributed by atoms with van der Waals surface area (Å²) in [7, 11) is 0. The normalized spacial score (nSPS) is 12.7. The minimum atomic E-state index is -0.982. The van der Waals surface area contributed by atoms with Crippen LogP contribution in [0.2, 0.25) is 0 Å². The van der Waals surface area contributed by atoms with Gasteiger partial charge >= 0.3 is 0 Å². The highest BCUT2D eigenvalue weighted by Crippen LogP contribution is 2.34. The van der Waals surface area contributed by atoms with Gasteiger partial charge in [0.1, 0.15) is 0 Å². The molecule has 1 unspecified atom stereocenters. The van der Waals surface area contributed by atoms with Gasteiger partial charge in [-0.25, -0.2) is 0 Å². The van der Waals surface area contributed by atoms with E-state index in [4.69, 9.17) is 14.2 Å². The van der Waals surface area contributed by atoms with Crippen molar-refractivity contribution in [3.8, 4) is 0 Å². The van der Waals surface area contributed by atoms with Gasteiger partial charge in [0.15, 0.2) is 0 Å². The van der Waals surface area contributed by atoms with Gasteiger partial charge in [0.25, 0.3) is 5.97 Å². The standard InChI is InChI=1S/C22H43NO4/c1-6-11-12-13-14-15-17-20(18-16-19-23-21(24)7-2)22(25-8-3,26-9-4)27-10-5/h7,20H,2,6,8-19H2,1,3-5H3,(H,23,24). The molecule has 0 aliphatic rings. The first kappa shape index (κ1) is 26.1. The monoisotopic (exact) mass is 385 g/mol. The molecule has 0 aromatic heterocycles. The lowest BCUT2D eigenvalue weighted by atomic mass is 9.92. The molecule has 0 heterocycles. The van der Waals surface area contributed by atoms with Crippen molar-refractivity contribution in [2.45, 2.75) is 91.5 Å². The SMILES string of the molecule is C=CC(=O)NCCCC(CCCCCCCC)C(OCC)(OCC)OCC. The molecule has 1 amide bonds. The molecule has 0 saturated carbocycles. The number of nitrogens with one attached hydrogen (secondary N) is 1. The molecule has 0 saturated heterocycles. The van der Waals surface area contributed by atoms with E-state index < -0.39 is 5.97 Å². The van der Waals surface area contributed by atoms with Crippen molar-refractivity contribution in [1.29, 1.82) is 0 Å². The maximum Gasteiger partial charge on any atom is 0.285 e. The predicted molar refractivity (Wildman–Crippen MR) is 112 cm³/mol. The Balaban J connectivity index is 4.85. The van der Waals surface area contributed by atoms with Crippen molar-refractivity contribution in [3.63, 3.8) is 0 Å². The molecule has 0 spiro atoms. The molecule has 5 nitrogen and oxygen atoms in total. The van der Waals surface area contributed by atoms with E-state index in [9.17, 15) is 4.79 Å². The average molecular weight is 386 g/mol. The Hall–Kier alpha value is -0.910. The highest BCUT2D eigenvalue weighted by Gasteiger charge is 2.41. The molecular formula is C22H43NO4. The number of carbonyl (C=O) groups is 1. The number of ether oxygens (including phenoxy) is 3. The summed E-state index contributed by atoms with van der Waals surface area (Å²) in [6.45, 7) is 13.9. The summed E-state index contributed by atoms with van der Waals surface area (Å²) in [5.41, 5.74) is 0. The molecule has 160 valence electrons. The van der Waals surface area contributed by atoms with E-state index in [1.54, 1.807) is 0 Å². The predicted octanol–water partition coefficient (Wildman–Crippen LogP) is 5.20. The molecular weight excluding hydrogens is 342 g/mol. The smallest absolute Gasteiger partial charge is 0.285 e. The van der Waals surface area contributed by atoms with Crippen molar-refractivity contribution < 1.29 is 19.0 Å². The molecule has 0 aliphatic carbocycles. The van der Waals surface area contributed by atoms with E-state index in [1.165, 1.54) is 38.2 Å². The molecule has 0 aromatic carbocycles. The van der Waals surface area contributed by atoms with Gasteiger partial charge < -0.3 is 19.5 Å². The maximum atomic E-state index is 11.4. The van der Waals surface area contributed by atoms with Gasteiger partial charge in [-0.1, -0.05) is 52.0 Å².